The predicted molar refractivity (Wildman–Crippen MR) is 97.2 cm³/mol. The Balaban J connectivity index is 2.08. The summed E-state index contributed by atoms with van der Waals surface area (Å²) in [5.41, 5.74) is 1.02. The topological polar surface area (TPSA) is 71.7 Å². The molecule has 0 spiro atoms. The Morgan fingerprint density at radius 2 is 1.84 bits per heavy atom. The number of aromatic hydroxyl groups is 2. The van der Waals surface area contributed by atoms with Gasteiger partial charge in [-0.05, 0) is 24.1 Å². The average Bonchev–Trinajstić information content (AvgIpc) is 2.62. The molecule has 0 fully saturated rings. The highest BCUT2D eigenvalue weighted by Crippen LogP contribution is 2.33. The predicted octanol–water partition coefficient (Wildman–Crippen LogP) is 3.79. The number of hydrogen-bond donors (Lipinski definition) is 2. The summed E-state index contributed by atoms with van der Waals surface area (Å²) < 4.78 is 7.22. The molecule has 5 heteroatoms. The van der Waals surface area contributed by atoms with Crippen LogP contribution in [0, 0.1) is 0 Å². The maximum atomic E-state index is 12.8. The molecule has 1 aromatic heterocycles. The number of aromatic nitrogens is 1. The SMILES string of the molecule is CCCCn1c(=O)c(OCc2ccccc2)c(O)c2ccc(O)cc21. The fraction of sp³-hybridized carbons (Fsp3) is 0.250. The molecule has 3 aromatic rings. The zero-order valence-electron chi connectivity index (χ0n) is 14.1. The van der Waals surface area contributed by atoms with Crippen molar-refractivity contribution in [3.05, 3.63) is 64.4 Å². The van der Waals surface area contributed by atoms with Gasteiger partial charge in [-0.15, -0.1) is 0 Å². The molecule has 0 amide bonds. The normalized spacial score (nSPS) is 10.9. The summed E-state index contributed by atoms with van der Waals surface area (Å²) in [4.78, 5) is 12.8. The lowest BCUT2D eigenvalue weighted by atomic mass is 10.1. The monoisotopic (exact) mass is 339 g/mol. The molecule has 0 saturated carbocycles. The maximum absolute atomic E-state index is 12.8. The molecule has 2 N–H and O–H groups in total. The van der Waals surface area contributed by atoms with E-state index in [0.717, 1.165) is 18.4 Å². The van der Waals surface area contributed by atoms with Crippen LogP contribution in [0.5, 0.6) is 17.2 Å². The number of phenolic OH excluding ortho intramolecular Hbond substituents is 1. The minimum Gasteiger partial charge on any atom is -0.508 e. The van der Waals surface area contributed by atoms with Crippen molar-refractivity contribution < 1.29 is 14.9 Å². The standard InChI is InChI=1S/C20H21NO4/c1-2-3-11-21-17-12-15(22)9-10-16(17)18(23)19(20(21)24)25-13-14-7-5-4-6-8-14/h4-10,12,22-23H,2-3,11,13H2,1H3. The van der Waals surface area contributed by atoms with Gasteiger partial charge in [0.2, 0.25) is 5.75 Å². The van der Waals surface area contributed by atoms with Gasteiger partial charge in [0, 0.05) is 18.0 Å². The Morgan fingerprint density at radius 3 is 2.56 bits per heavy atom. The number of fused-ring (bicyclic) bond motifs is 1. The van der Waals surface area contributed by atoms with Crippen LogP contribution in [0.4, 0.5) is 0 Å². The van der Waals surface area contributed by atoms with E-state index in [0.29, 0.717) is 17.4 Å². The minimum atomic E-state index is -0.389. The molecule has 0 bridgehead atoms. The van der Waals surface area contributed by atoms with E-state index in [2.05, 4.69) is 0 Å². The largest absolute Gasteiger partial charge is 0.508 e. The molecular formula is C20H21NO4. The van der Waals surface area contributed by atoms with E-state index in [-0.39, 0.29) is 29.4 Å². The molecule has 130 valence electrons. The van der Waals surface area contributed by atoms with Gasteiger partial charge in [0.1, 0.15) is 12.4 Å². The Kier molecular flexibility index (Phi) is 4.93. The zero-order chi connectivity index (χ0) is 17.8. The molecule has 2 aromatic carbocycles. The number of rotatable bonds is 6. The van der Waals surface area contributed by atoms with Gasteiger partial charge in [0.25, 0.3) is 5.56 Å². The molecule has 1 heterocycles. The number of pyridine rings is 1. The molecule has 0 aliphatic heterocycles. The summed E-state index contributed by atoms with van der Waals surface area (Å²) in [6.45, 7) is 2.73. The van der Waals surface area contributed by atoms with E-state index in [1.54, 1.807) is 10.6 Å². The van der Waals surface area contributed by atoms with E-state index in [1.165, 1.54) is 12.1 Å². The van der Waals surface area contributed by atoms with Gasteiger partial charge < -0.3 is 19.5 Å². The summed E-state index contributed by atoms with van der Waals surface area (Å²) in [5.74, 6) is -0.198. The summed E-state index contributed by atoms with van der Waals surface area (Å²) >= 11 is 0. The van der Waals surface area contributed by atoms with Gasteiger partial charge in [-0.2, -0.15) is 0 Å². The smallest absolute Gasteiger partial charge is 0.297 e. The van der Waals surface area contributed by atoms with Crippen molar-refractivity contribution in [2.45, 2.75) is 32.9 Å². The van der Waals surface area contributed by atoms with Crippen molar-refractivity contribution in [3.8, 4) is 17.2 Å². The van der Waals surface area contributed by atoms with Crippen molar-refractivity contribution in [1.29, 1.82) is 0 Å². The van der Waals surface area contributed by atoms with Gasteiger partial charge in [0.15, 0.2) is 5.75 Å². The van der Waals surface area contributed by atoms with Gasteiger partial charge in [-0.25, -0.2) is 0 Å². The summed E-state index contributed by atoms with van der Waals surface area (Å²) in [6.07, 6.45) is 1.74. The van der Waals surface area contributed by atoms with Crippen LogP contribution < -0.4 is 10.3 Å². The molecule has 0 saturated heterocycles. The van der Waals surface area contributed by atoms with Crippen LogP contribution in [-0.2, 0) is 13.2 Å². The number of hydrogen-bond acceptors (Lipinski definition) is 4. The molecule has 0 aliphatic carbocycles. The lowest BCUT2D eigenvalue weighted by Crippen LogP contribution is -2.23. The number of nitrogens with zero attached hydrogens (tertiary/aromatic N) is 1. The number of ether oxygens (including phenoxy) is 1. The highest BCUT2D eigenvalue weighted by atomic mass is 16.5. The van der Waals surface area contributed by atoms with Crippen LogP contribution >= 0.6 is 0 Å². The van der Waals surface area contributed by atoms with E-state index in [4.69, 9.17) is 4.74 Å². The van der Waals surface area contributed by atoms with Gasteiger partial charge in [-0.3, -0.25) is 4.79 Å². The van der Waals surface area contributed by atoms with E-state index >= 15 is 0 Å². The molecular weight excluding hydrogens is 318 g/mol. The molecule has 0 atom stereocenters. The lowest BCUT2D eigenvalue weighted by molar-refractivity contribution is 0.283. The van der Waals surface area contributed by atoms with Crippen LogP contribution in [0.1, 0.15) is 25.3 Å². The van der Waals surface area contributed by atoms with Crippen molar-refractivity contribution >= 4 is 10.9 Å². The third kappa shape index (κ3) is 3.45. The highest BCUT2D eigenvalue weighted by Gasteiger charge is 2.18. The van der Waals surface area contributed by atoms with E-state index in [9.17, 15) is 15.0 Å². The fourth-order valence-electron chi connectivity index (χ4n) is 2.80. The third-order valence-corrected chi connectivity index (χ3v) is 4.14. The highest BCUT2D eigenvalue weighted by molar-refractivity contribution is 5.88. The summed E-state index contributed by atoms with van der Waals surface area (Å²) in [5, 5.41) is 20.8. The minimum absolute atomic E-state index is 0.0505. The third-order valence-electron chi connectivity index (χ3n) is 4.14. The number of aryl methyl sites for hydroxylation is 1. The first-order valence-electron chi connectivity index (χ1n) is 8.37. The number of phenols is 1. The van der Waals surface area contributed by atoms with Crippen LogP contribution in [0.3, 0.4) is 0 Å². The summed E-state index contributed by atoms with van der Waals surface area (Å²) in [7, 11) is 0. The second-order valence-corrected chi connectivity index (χ2v) is 5.96. The van der Waals surface area contributed by atoms with Gasteiger partial charge in [0.05, 0.1) is 5.52 Å². The van der Waals surface area contributed by atoms with Crippen molar-refractivity contribution in [2.24, 2.45) is 0 Å². The summed E-state index contributed by atoms with van der Waals surface area (Å²) in [6, 6.07) is 14.0. The quantitative estimate of drug-likeness (QED) is 0.717. The Morgan fingerprint density at radius 1 is 1.08 bits per heavy atom. The number of benzene rings is 2. The first-order chi connectivity index (χ1) is 12.1. The Bertz CT molecular complexity index is 932. The Labute approximate surface area is 145 Å². The van der Waals surface area contributed by atoms with E-state index in [1.807, 2.05) is 37.3 Å². The average molecular weight is 339 g/mol. The van der Waals surface area contributed by atoms with Gasteiger partial charge >= 0.3 is 0 Å². The molecule has 0 aliphatic rings. The molecule has 5 nitrogen and oxygen atoms in total. The molecule has 25 heavy (non-hydrogen) atoms. The second kappa shape index (κ2) is 7.30. The first-order valence-corrected chi connectivity index (χ1v) is 8.37. The van der Waals surface area contributed by atoms with Crippen LogP contribution in [-0.4, -0.2) is 14.8 Å². The molecule has 3 rings (SSSR count). The van der Waals surface area contributed by atoms with Crippen molar-refractivity contribution in [3.63, 3.8) is 0 Å². The maximum Gasteiger partial charge on any atom is 0.297 e. The molecule has 0 unspecified atom stereocenters. The van der Waals surface area contributed by atoms with Crippen LogP contribution in [0.2, 0.25) is 0 Å². The Hall–Kier alpha value is -2.95. The first kappa shape index (κ1) is 16.9. The number of unbranched alkanes of at least 4 members (excludes halogenated alkanes) is 1. The van der Waals surface area contributed by atoms with Crippen LogP contribution in [0.25, 0.3) is 10.9 Å². The van der Waals surface area contributed by atoms with Crippen molar-refractivity contribution in [1.82, 2.24) is 4.57 Å². The van der Waals surface area contributed by atoms with Crippen LogP contribution in [0.15, 0.2) is 53.3 Å². The van der Waals surface area contributed by atoms with Crippen molar-refractivity contribution in [2.75, 3.05) is 0 Å². The fourth-order valence-corrected chi connectivity index (χ4v) is 2.80. The van der Waals surface area contributed by atoms with E-state index < -0.39 is 0 Å². The van der Waals surface area contributed by atoms with Gasteiger partial charge in [-0.1, -0.05) is 43.7 Å². The second-order valence-electron chi connectivity index (χ2n) is 5.96. The zero-order valence-corrected chi connectivity index (χ0v) is 14.1. The lowest BCUT2D eigenvalue weighted by Gasteiger charge is -2.15. The molecule has 0 radical (unpaired) electrons.